The van der Waals surface area contributed by atoms with Gasteiger partial charge < -0.3 is 9.84 Å². The number of aliphatic hydroxyl groups excluding tert-OH is 1. The highest BCUT2D eigenvalue weighted by atomic mass is 33.1. The van der Waals surface area contributed by atoms with E-state index in [0.717, 1.165) is 11.5 Å². The molecule has 1 heterocycles. The summed E-state index contributed by atoms with van der Waals surface area (Å²) < 4.78 is 5.02. The first-order chi connectivity index (χ1) is 4.34. The van der Waals surface area contributed by atoms with Crippen LogP contribution in [-0.4, -0.2) is 35.9 Å². The smallest absolute Gasteiger partial charge is 0.0937 e. The van der Waals surface area contributed by atoms with Gasteiger partial charge in [0.05, 0.1) is 12.2 Å². The Morgan fingerprint density at radius 1 is 1.44 bits per heavy atom. The minimum Gasteiger partial charge on any atom is -0.389 e. The second-order valence-electron chi connectivity index (χ2n) is 1.91. The minimum absolute atomic E-state index is 0.0521. The standard InChI is InChI=1S/C5H10O2S2/c1-7-5-3-9-8-2-4(5)6/h4-6H,2-3H2,1H3/t4-,5-/m0/s1. The molecule has 0 aromatic rings. The van der Waals surface area contributed by atoms with E-state index in [4.69, 9.17) is 4.74 Å². The SMILES string of the molecule is CO[C@H]1CSSC[C@@H]1O. The van der Waals surface area contributed by atoms with E-state index in [1.807, 2.05) is 0 Å². The summed E-state index contributed by atoms with van der Waals surface area (Å²) in [5.74, 6) is 1.70. The Bertz CT molecular complexity index is 89.0. The molecule has 2 atom stereocenters. The van der Waals surface area contributed by atoms with E-state index in [0.29, 0.717) is 0 Å². The molecule has 0 aromatic carbocycles. The Hall–Kier alpha value is 0.620. The first kappa shape index (κ1) is 7.72. The van der Waals surface area contributed by atoms with Gasteiger partial charge in [-0.25, -0.2) is 0 Å². The van der Waals surface area contributed by atoms with Crippen LogP contribution in [0.4, 0.5) is 0 Å². The van der Waals surface area contributed by atoms with E-state index >= 15 is 0 Å². The van der Waals surface area contributed by atoms with E-state index < -0.39 is 0 Å². The summed E-state index contributed by atoms with van der Waals surface area (Å²) in [6, 6.07) is 0. The van der Waals surface area contributed by atoms with Gasteiger partial charge in [-0.15, -0.1) is 0 Å². The Morgan fingerprint density at radius 3 is 2.56 bits per heavy atom. The van der Waals surface area contributed by atoms with E-state index in [1.165, 1.54) is 0 Å². The molecule has 1 saturated heterocycles. The molecule has 0 amide bonds. The normalized spacial score (nSPS) is 36.7. The van der Waals surface area contributed by atoms with E-state index in [2.05, 4.69) is 0 Å². The zero-order chi connectivity index (χ0) is 6.69. The first-order valence-corrected chi connectivity index (χ1v) is 5.28. The van der Waals surface area contributed by atoms with E-state index in [-0.39, 0.29) is 12.2 Å². The van der Waals surface area contributed by atoms with Gasteiger partial charge in [0.25, 0.3) is 0 Å². The zero-order valence-corrected chi connectivity index (χ0v) is 6.87. The monoisotopic (exact) mass is 166 g/mol. The second-order valence-corrected chi connectivity index (χ2v) is 4.46. The predicted molar refractivity (Wildman–Crippen MR) is 41.7 cm³/mol. The second kappa shape index (κ2) is 3.71. The molecule has 0 unspecified atom stereocenters. The van der Waals surface area contributed by atoms with Crippen molar-refractivity contribution in [3.63, 3.8) is 0 Å². The maximum atomic E-state index is 9.21. The van der Waals surface area contributed by atoms with Crippen LogP contribution in [0.25, 0.3) is 0 Å². The summed E-state index contributed by atoms with van der Waals surface area (Å²) in [7, 11) is 5.12. The van der Waals surface area contributed by atoms with Crippen LogP contribution < -0.4 is 0 Å². The lowest BCUT2D eigenvalue weighted by molar-refractivity contribution is 0.0149. The van der Waals surface area contributed by atoms with Crippen LogP contribution in [-0.2, 0) is 4.74 Å². The van der Waals surface area contributed by atoms with Crippen molar-refractivity contribution in [1.29, 1.82) is 0 Å². The first-order valence-electron chi connectivity index (χ1n) is 2.80. The lowest BCUT2D eigenvalue weighted by Gasteiger charge is -2.24. The van der Waals surface area contributed by atoms with Gasteiger partial charge in [0.15, 0.2) is 0 Å². The Balaban J connectivity index is 2.30. The van der Waals surface area contributed by atoms with Crippen molar-refractivity contribution in [2.75, 3.05) is 18.6 Å². The molecule has 2 nitrogen and oxygen atoms in total. The number of aliphatic hydroxyl groups is 1. The molecule has 1 rings (SSSR count). The molecule has 0 aliphatic carbocycles. The van der Waals surface area contributed by atoms with E-state index in [1.54, 1.807) is 28.7 Å². The highest BCUT2D eigenvalue weighted by Gasteiger charge is 2.22. The van der Waals surface area contributed by atoms with Gasteiger partial charge in [0.2, 0.25) is 0 Å². The molecule has 0 aromatic heterocycles. The largest absolute Gasteiger partial charge is 0.389 e. The third-order valence-corrected chi connectivity index (χ3v) is 3.71. The Morgan fingerprint density at radius 2 is 2.11 bits per heavy atom. The highest BCUT2D eigenvalue weighted by Crippen LogP contribution is 2.30. The number of methoxy groups -OCH3 is 1. The predicted octanol–water partition coefficient (Wildman–Crippen LogP) is 0.757. The summed E-state index contributed by atoms with van der Waals surface area (Å²) in [6.07, 6.45) is -0.211. The van der Waals surface area contributed by atoms with Gasteiger partial charge in [-0.2, -0.15) is 0 Å². The zero-order valence-electron chi connectivity index (χ0n) is 5.24. The van der Waals surface area contributed by atoms with Gasteiger partial charge >= 0.3 is 0 Å². The van der Waals surface area contributed by atoms with Crippen LogP contribution in [0.3, 0.4) is 0 Å². The lowest BCUT2D eigenvalue weighted by atomic mass is 10.2. The van der Waals surface area contributed by atoms with Crippen molar-refractivity contribution >= 4 is 21.6 Å². The summed E-state index contributed by atoms with van der Waals surface area (Å²) in [5.41, 5.74) is 0. The van der Waals surface area contributed by atoms with Crippen molar-refractivity contribution in [2.24, 2.45) is 0 Å². The molecular weight excluding hydrogens is 156 g/mol. The van der Waals surface area contributed by atoms with Crippen LogP contribution in [0.1, 0.15) is 0 Å². The fourth-order valence-electron chi connectivity index (χ4n) is 0.677. The molecule has 0 radical (unpaired) electrons. The fraction of sp³-hybridized carbons (Fsp3) is 1.00. The van der Waals surface area contributed by atoms with Gasteiger partial charge in [0.1, 0.15) is 0 Å². The van der Waals surface area contributed by atoms with Crippen molar-refractivity contribution < 1.29 is 9.84 Å². The van der Waals surface area contributed by atoms with Gasteiger partial charge in [0, 0.05) is 18.6 Å². The molecule has 0 saturated carbocycles. The van der Waals surface area contributed by atoms with Gasteiger partial charge in [-0.05, 0) is 0 Å². The third-order valence-electron chi connectivity index (χ3n) is 1.29. The fourth-order valence-corrected chi connectivity index (χ4v) is 3.11. The summed E-state index contributed by atoms with van der Waals surface area (Å²) in [4.78, 5) is 0. The minimum atomic E-state index is -0.263. The molecule has 9 heavy (non-hydrogen) atoms. The van der Waals surface area contributed by atoms with Gasteiger partial charge in [-0.3, -0.25) is 0 Å². The topological polar surface area (TPSA) is 29.5 Å². The number of ether oxygens (including phenoxy) is 1. The van der Waals surface area contributed by atoms with Crippen LogP contribution >= 0.6 is 21.6 Å². The molecule has 0 spiro atoms. The van der Waals surface area contributed by atoms with E-state index in [9.17, 15) is 5.11 Å². The van der Waals surface area contributed by atoms with Crippen molar-refractivity contribution in [3.8, 4) is 0 Å². The maximum absolute atomic E-state index is 9.21. The van der Waals surface area contributed by atoms with Crippen molar-refractivity contribution in [3.05, 3.63) is 0 Å². The molecule has 1 aliphatic rings. The lowest BCUT2D eigenvalue weighted by Crippen LogP contribution is -2.34. The summed E-state index contributed by atoms with van der Waals surface area (Å²) in [5, 5.41) is 9.21. The maximum Gasteiger partial charge on any atom is 0.0937 e. The Kier molecular flexibility index (Phi) is 3.18. The molecule has 1 aliphatic heterocycles. The summed E-state index contributed by atoms with van der Waals surface area (Å²) in [6.45, 7) is 0. The van der Waals surface area contributed by atoms with Crippen LogP contribution in [0.5, 0.6) is 0 Å². The van der Waals surface area contributed by atoms with Crippen LogP contribution in [0, 0.1) is 0 Å². The number of hydrogen-bond acceptors (Lipinski definition) is 4. The number of rotatable bonds is 1. The average molecular weight is 166 g/mol. The number of hydrogen-bond donors (Lipinski definition) is 1. The highest BCUT2D eigenvalue weighted by molar-refractivity contribution is 8.76. The summed E-state index contributed by atoms with van der Waals surface area (Å²) >= 11 is 0. The van der Waals surface area contributed by atoms with Crippen molar-refractivity contribution in [1.82, 2.24) is 0 Å². The van der Waals surface area contributed by atoms with Crippen LogP contribution in [0.2, 0.25) is 0 Å². The third kappa shape index (κ3) is 2.04. The van der Waals surface area contributed by atoms with Gasteiger partial charge in [-0.1, -0.05) is 21.6 Å². The molecule has 1 fully saturated rings. The quantitative estimate of drug-likeness (QED) is 0.582. The molecule has 0 bridgehead atoms. The Labute approximate surface area is 62.7 Å². The molecule has 4 heteroatoms. The molecule has 1 N–H and O–H groups in total. The van der Waals surface area contributed by atoms with Crippen LogP contribution in [0.15, 0.2) is 0 Å². The average Bonchev–Trinajstić information content (AvgIpc) is 1.89. The van der Waals surface area contributed by atoms with Crippen molar-refractivity contribution in [2.45, 2.75) is 12.2 Å². The molecular formula is C5H10O2S2. The molecule has 54 valence electrons.